The average Bonchev–Trinajstić information content (AvgIpc) is 2.31. The molecule has 2 atom stereocenters. The minimum atomic E-state index is -2.97. The molecule has 1 aliphatic carbocycles. The first-order valence-corrected chi connectivity index (χ1v) is 6.43. The number of aliphatic hydroxyl groups is 1. The Morgan fingerprint density at radius 1 is 1.00 bits per heavy atom. The van der Waals surface area contributed by atoms with Gasteiger partial charge < -0.3 is 46.3 Å². The Kier molecular flexibility index (Phi) is 11.3. The van der Waals surface area contributed by atoms with Crippen LogP contribution in [0, 0.1) is 0 Å². The number of carbonyl (C=O) groups is 3. The standard InChI is InChI=1S/C6H14N2.C6H8O7.Pt/c7-5-3-1-2-4-6(5)8;7-3(8)1-6(13,5(11)12)2-4(9)10;/h5-6H,1-4,7-8H2;13H,1-2H2,(H,7,8)(H,9,10)(H,11,12);/q;;+2/p-2. The molecule has 0 bridgehead atoms. The van der Waals surface area contributed by atoms with Gasteiger partial charge >= 0.3 is 22.5 Å². The molecule has 1 fully saturated rings. The Balaban J connectivity index is -0.000000347. The van der Waals surface area contributed by atoms with Gasteiger partial charge in [0.05, 0.1) is 5.97 Å². The third-order valence-electron chi connectivity index (χ3n) is 3.13. The molecule has 0 radical (unpaired) electrons. The molecule has 10 heteroatoms. The second kappa shape index (κ2) is 10.7. The zero-order valence-electron chi connectivity index (χ0n) is 12.8. The van der Waals surface area contributed by atoms with E-state index in [1.54, 1.807) is 0 Å². The van der Waals surface area contributed by atoms with Crippen molar-refractivity contribution in [2.24, 2.45) is 11.5 Å². The van der Waals surface area contributed by atoms with Crippen molar-refractivity contribution in [1.29, 1.82) is 0 Å². The van der Waals surface area contributed by atoms with Crippen LogP contribution in [0.25, 0.3) is 0 Å². The van der Waals surface area contributed by atoms with Gasteiger partial charge in [-0.3, -0.25) is 0 Å². The Morgan fingerprint density at radius 3 is 1.50 bits per heavy atom. The average molecular weight is 499 g/mol. The number of hydrogen-bond acceptors (Lipinski definition) is 9. The molecular weight excluding hydrogens is 479 g/mol. The van der Waals surface area contributed by atoms with Crippen LogP contribution in [0.4, 0.5) is 0 Å². The van der Waals surface area contributed by atoms with Crippen LogP contribution in [-0.4, -0.2) is 40.7 Å². The fraction of sp³-hybridized carbons (Fsp3) is 0.750. The summed E-state index contributed by atoms with van der Waals surface area (Å²) in [6.45, 7) is 0. The summed E-state index contributed by atoms with van der Waals surface area (Å²) in [5.41, 5.74) is 8.33. The molecule has 2 unspecified atom stereocenters. The quantitative estimate of drug-likeness (QED) is 0.332. The summed E-state index contributed by atoms with van der Waals surface area (Å²) in [6, 6.07) is 0.562. The molecule has 0 amide bonds. The number of rotatable bonds is 5. The van der Waals surface area contributed by atoms with E-state index in [0.29, 0.717) is 0 Å². The van der Waals surface area contributed by atoms with Crippen molar-refractivity contribution in [1.82, 2.24) is 0 Å². The van der Waals surface area contributed by atoms with Crippen LogP contribution in [-0.2, 0) is 35.4 Å². The zero-order chi connectivity index (χ0) is 16.6. The molecule has 0 aliphatic heterocycles. The van der Waals surface area contributed by atoms with E-state index in [0.717, 1.165) is 12.8 Å². The molecule has 0 aromatic carbocycles. The van der Waals surface area contributed by atoms with Crippen molar-refractivity contribution >= 4 is 17.9 Å². The summed E-state index contributed by atoms with van der Waals surface area (Å²) in [7, 11) is 0. The van der Waals surface area contributed by atoms with Crippen LogP contribution in [0.15, 0.2) is 0 Å². The van der Waals surface area contributed by atoms with Crippen LogP contribution < -0.4 is 26.8 Å². The summed E-state index contributed by atoms with van der Waals surface area (Å²) >= 11 is 0. The molecule has 22 heavy (non-hydrogen) atoms. The summed E-state index contributed by atoms with van der Waals surface area (Å²) in [4.78, 5) is 30.0. The van der Waals surface area contributed by atoms with Crippen molar-refractivity contribution in [2.45, 2.75) is 56.2 Å². The van der Waals surface area contributed by atoms with Crippen LogP contribution in [0.5, 0.6) is 0 Å². The van der Waals surface area contributed by atoms with E-state index in [1.807, 2.05) is 0 Å². The van der Waals surface area contributed by atoms with Crippen molar-refractivity contribution < 1.29 is 57.3 Å². The molecule has 0 heterocycles. The van der Waals surface area contributed by atoms with Gasteiger partial charge in [0.25, 0.3) is 0 Å². The first-order valence-electron chi connectivity index (χ1n) is 6.43. The SMILES string of the molecule is NC1CCCCC1N.O=C([O-])CC(O)(CC(=O)[O-])C(=O)[O-].[H+].[Pt+2]. The first-order chi connectivity index (χ1) is 9.58. The van der Waals surface area contributed by atoms with E-state index in [4.69, 9.17) is 16.6 Å². The summed E-state index contributed by atoms with van der Waals surface area (Å²) in [5.74, 6) is -5.98. The van der Waals surface area contributed by atoms with Gasteiger partial charge in [0.2, 0.25) is 0 Å². The molecule has 0 spiro atoms. The van der Waals surface area contributed by atoms with E-state index in [9.17, 15) is 29.7 Å². The second-order valence-electron chi connectivity index (χ2n) is 5.03. The van der Waals surface area contributed by atoms with Crippen molar-refractivity contribution in [3.63, 3.8) is 0 Å². The first kappa shape index (κ1) is 23.2. The van der Waals surface area contributed by atoms with Crippen molar-refractivity contribution in [3.8, 4) is 0 Å². The predicted molar refractivity (Wildman–Crippen MR) is 64.7 cm³/mol. The Labute approximate surface area is 143 Å². The van der Waals surface area contributed by atoms with Crippen LogP contribution >= 0.6 is 0 Å². The smallest absolute Gasteiger partial charge is 0.550 e. The largest absolute Gasteiger partial charge is 2.00 e. The fourth-order valence-electron chi connectivity index (χ4n) is 1.87. The summed E-state index contributed by atoms with van der Waals surface area (Å²) < 4.78 is 0. The van der Waals surface area contributed by atoms with E-state index in [1.165, 1.54) is 12.8 Å². The van der Waals surface area contributed by atoms with Crippen molar-refractivity contribution in [3.05, 3.63) is 0 Å². The molecule has 5 N–H and O–H groups in total. The molecular formula is C12H20N2O7Pt. The summed E-state index contributed by atoms with van der Waals surface area (Å²) in [5, 5.41) is 38.9. The third-order valence-corrected chi connectivity index (χ3v) is 3.13. The zero-order valence-corrected chi connectivity index (χ0v) is 14.0. The van der Waals surface area contributed by atoms with Gasteiger partial charge in [-0.25, -0.2) is 0 Å². The molecule has 1 saturated carbocycles. The van der Waals surface area contributed by atoms with Gasteiger partial charge in [-0.05, 0) is 12.8 Å². The van der Waals surface area contributed by atoms with E-state index in [-0.39, 0.29) is 34.6 Å². The maximum atomic E-state index is 10.1. The number of carboxylic acids is 3. The van der Waals surface area contributed by atoms with Crippen LogP contribution in [0.2, 0.25) is 0 Å². The molecule has 130 valence electrons. The molecule has 9 nitrogen and oxygen atoms in total. The van der Waals surface area contributed by atoms with Gasteiger partial charge in [-0.2, -0.15) is 0 Å². The van der Waals surface area contributed by atoms with Crippen LogP contribution in [0.3, 0.4) is 0 Å². The maximum Gasteiger partial charge on any atom is 2.00 e. The van der Waals surface area contributed by atoms with Crippen LogP contribution in [0.1, 0.15) is 40.0 Å². The predicted octanol–water partition coefficient (Wildman–Crippen LogP) is -4.93. The molecule has 0 aromatic heterocycles. The molecule has 0 saturated heterocycles. The minimum Gasteiger partial charge on any atom is -0.550 e. The second-order valence-corrected chi connectivity index (χ2v) is 5.03. The normalized spacial score (nSPS) is 20.9. The van der Waals surface area contributed by atoms with Gasteiger partial charge in [-0.1, -0.05) is 12.8 Å². The molecule has 1 aliphatic rings. The number of carboxylic acid groups (broad SMARTS) is 3. The molecule has 1 rings (SSSR count). The molecule has 0 aromatic rings. The summed E-state index contributed by atoms with van der Waals surface area (Å²) in [6.07, 6.45) is 2.08. The van der Waals surface area contributed by atoms with Gasteiger partial charge in [0, 0.05) is 36.9 Å². The fourth-order valence-corrected chi connectivity index (χ4v) is 1.87. The number of aliphatic carboxylic acids is 3. The van der Waals surface area contributed by atoms with E-state index >= 15 is 0 Å². The van der Waals surface area contributed by atoms with E-state index < -0.39 is 36.4 Å². The Hall–Kier alpha value is -1.02. The number of nitrogens with two attached hydrogens (primary N) is 2. The topological polar surface area (TPSA) is 193 Å². The van der Waals surface area contributed by atoms with Gasteiger partial charge in [-0.15, -0.1) is 0 Å². The number of carbonyl (C=O) groups excluding carboxylic acids is 3. The van der Waals surface area contributed by atoms with Gasteiger partial charge in [0.15, 0.2) is 0 Å². The van der Waals surface area contributed by atoms with Gasteiger partial charge in [0.1, 0.15) is 5.60 Å². The monoisotopic (exact) mass is 499 g/mol. The number of hydrogen-bond donors (Lipinski definition) is 3. The Morgan fingerprint density at radius 2 is 1.32 bits per heavy atom. The maximum absolute atomic E-state index is 10.1. The third kappa shape index (κ3) is 9.09. The van der Waals surface area contributed by atoms with E-state index in [2.05, 4.69) is 0 Å². The minimum absolute atomic E-state index is 0. The van der Waals surface area contributed by atoms with Crippen molar-refractivity contribution in [2.75, 3.05) is 0 Å². The Bertz CT molecular complexity index is 372.